The van der Waals surface area contributed by atoms with E-state index in [2.05, 4.69) is 4.57 Å². The fraction of sp³-hybridized carbons (Fsp3) is 0.571. The highest BCUT2D eigenvalue weighted by Crippen LogP contribution is 2.29. The van der Waals surface area contributed by atoms with Crippen molar-refractivity contribution >= 4 is 10.9 Å². The number of aromatic nitrogens is 3. The average Bonchev–Trinajstić information content (AvgIpc) is 2.89. The zero-order valence-corrected chi connectivity index (χ0v) is 11.4. The van der Waals surface area contributed by atoms with Crippen LogP contribution in [0, 0.1) is 0 Å². The van der Waals surface area contributed by atoms with Crippen LogP contribution >= 0.6 is 0 Å². The highest BCUT2D eigenvalue weighted by atomic mass is 16.2. The summed E-state index contributed by atoms with van der Waals surface area (Å²) in [6.45, 7) is 0. The molecule has 2 aromatic rings. The minimum absolute atomic E-state index is 0.201. The number of fused-ring (bicyclic) bond motifs is 1. The summed E-state index contributed by atoms with van der Waals surface area (Å²) < 4.78 is 4.86. The first-order valence-corrected chi connectivity index (χ1v) is 6.87. The van der Waals surface area contributed by atoms with Crippen molar-refractivity contribution in [2.75, 3.05) is 0 Å². The maximum atomic E-state index is 12.1. The molecule has 0 bridgehead atoms. The van der Waals surface area contributed by atoms with E-state index >= 15 is 0 Å². The van der Waals surface area contributed by atoms with Crippen LogP contribution < -0.4 is 11.2 Å². The van der Waals surface area contributed by atoms with E-state index < -0.39 is 0 Å². The van der Waals surface area contributed by atoms with Crippen LogP contribution in [-0.2, 0) is 14.1 Å². The largest absolute Gasteiger partial charge is 0.348 e. The van der Waals surface area contributed by atoms with Gasteiger partial charge >= 0.3 is 5.69 Å². The van der Waals surface area contributed by atoms with Crippen LogP contribution in [0.1, 0.15) is 38.1 Å². The summed E-state index contributed by atoms with van der Waals surface area (Å²) in [5, 5.41) is 0.634. The second kappa shape index (κ2) is 4.40. The minimum Gasteiger partial charge on any atom is -0.348 e. The molecule has 0 atom stereocenters. The highest BCUT2D eigenvalue weighted by Gasteiger charge is 2.17. The van der Waals surface area contributed by atoms with Gasteiger partial charge < -0.3 is 4.57 Å². The van der Waals surface area contributed by atoms with Crippen molar-refractivity contribution in [1.82, 2.24) is 13.7 Å². The van der Waals surface area contributed by atoms with Crippen molar-refractivity contribution in [3.63, 3.8) is 0 Å². The summed E-state index contributed by atoms with van der Waals surface area (Å²) in [7, 11) is 3.25. The second-order valence-corrected chi connectivity index (χ2v) is 5.50. The Morgan fingerprint density at radius 2 is 1.68 bits per heavy atom. The predicted molar refractivity (Wildman–Crippen MR) is 74.5 cm³/mol. The van der Waals surface area contributed by atoms with Crippen molar-refractivity contribution < 1.29 is 0 Å². The van der Waals surface area contributed by atoms with Gasteiger partial charge in [0.1, 0.15) is 0 Å². The maximum absolute atomic E-state index is 12.1. The SMILES string of the molecule is Cn1c(=O)c2cn(C3CCCCC3)cc2n(C)c1=O. The van der Waals surface area contributed by atoms with Gasteiger partial charge in [-0.25, -0.2) is 4.79 Å². The lowest BCUT2D eigenvalue weighted by molar-refractivity contribution is 0.354. The number of hydrogen-bond acceptors (Lipinski definition) is 2. The fourth-order valence-corrected chi connectivity index (χ4v) is 3.08. The molecule has 0 saturated heterocycles. The Hall–Kier alpha value is -1.78. The molecular weight excluding hydrogens is 242 g/mol. The molecule has 1 fully saturated rings. The first-order chi connectivity index (χ1) is 9.09. The number of hydrogen-bond donors (Lipinski definition) is 0. The molecule has 1 aliphatic carbocycles. The molecule has 102 valence electrons. The standard InChI is InChI=1S/C14H19N3O2/c1-15-12-9-17(10-6-4-3-5-7-10)8-11(12)13(18)16(2)14(15)19/h8-10H,3-7H2,1-2H3. The second-order valence-electron chi connectivity index (χ2n) is 5.50. The summed E-state index contributed by atoms with van der Waals surface area (Å²) >= 11 is 0. The monoisotopic (exact) mass is 261 g/mol. The molecule has 0 radical (unpaired) electrons. The maximum Gasteiger partial charge on any atom is 0.330 e. The van der Waals surface area contributed by atoms with Crippen molar-refractivity contribution in [3.05, 3.63) is 33.2 Å². The molecule has 1 aliphatic rings. The molecule has 5 heteroatoms. The van der Waals surface area contributed by atoms with E-state index in [1.54, 1.807) is 11.6 Å². The van der Waals surface area contributed by atoms with Crippen molar-refractivity contribution in [2.24, 2.45) is 14.1 Å². The molecule has 0 unspecified atom stereocenters. The third kappa shape index (κ3) is 1.84. The Balaban J connectivity index is 2.20. The zero-order chi connectivity index (χ0) is 13.6. The third-order valence-electron chi connectivity index (χ3n) is 4.29. The first kappa shape index (κ1) is 12.3. The zero-order valence-electron chi connectivity index (χ0n) is 11.4. The predicted octanol–water partition coefficient (Wildman–Crippen LogP) is 1.54. The average molecular weight is 261 g/mol. The van der Waals surface area contributed by atoms with E-state index in [1.165, 1.54) is 30.9 Å². The van der Waals surface area contributed by atoms with Crippen molar-refractivity contribution in [3.8, 4) is 0 Å². The highest BCUT2D eigenvalue weighted by molar-refractivity contribution is 5.77. The van der Waals surface area contributed by atoms with E-state index in [9.17, 15) is 9.59 Å². The fourth-order valence-electron chi connectivity index (χ4n) is 3.08. The molecule has 0 aliphatic heterocycles. The van der Waals surface area contributed by atoms with Gasteiger partial charge in [-0.1, -0.05) is 19.3 Å². The van der Waals surface area contributed by atoms with Gasteiger partial charge in [-0.15, -0.1) is 0 Å². The van der Waals surface area contributed by atoms with Gasteiger partial charge in [0, 0.05) is 32.5 Å². The number of aryl methyl sites for hydroxylation is 1. The summed E-state index contributed by atoms with van der Waals surface area (Å²) in [6, 6.07) is 0.473. The van der Waals surface area contributed by atoms with Gasteiger partial charge in [0.15, 0.2) is 0 Å². The smallest absolute Gasteiger partial charge is 0.330 e. The van der Waals surface area contributed by atoms with Gasteiger partial charge in [0.25, 0.3) is 5.56 Å². The lowest BCUT2D eigenvalue weighted by Crippen LogP contribution is -2.36. The molecule has 0 spiro atoms. The molecule has 1 saturated carbocycles. The van der Waals surface area contributed by atoms with Crippen LogP contribution in [0.25, 0.3) is 10.9 Å². The topological polar surface area (TPSA) is 48.9 Å². The Bertz CT molecular complexity index is 729. The molecular formula is C14H19N3O2. The summed E-state index contributed by atoms with van der Waals surface area (Å²) in [4.78, 5) is 24.0. The van der Waals surface area contributed by atoms with E-state index in [4.69, 9.17) is 0 Å². The van der Waals surface area contributed by atoms with Crippen LogP contribution in [0.3, 0.4) is 0 Å². The van der Waals surface area contributed by atoms with Crippen LogP contribution in [0.5, 0.6) is 0 Å². The first-order valence-electron chi connectivity index (χ1n) is 6.87. The van der Waals surface area contributed by atoms with Crippen LogP contribution in [-0.4, -0.2) is 13.7 Å². The third-order valence-corrected chi connectivity index (χ3v) is 4.29. The quantitative estimate of drug-likeness (QED) is 0.782. The van der Waals surface area contributed by atoms with Crippen LogP contribution in [0.15, 0.2) is 22.0 Å². The van der Waals surface area contributed by atoms with Gasteiger partial charge in [0.05, 0.1) is 10.9 Å². The van der Waals surface area contributed by atoms with Crippen molar-refractivity contribution in [2.45, 2.75) is 38.1 Å². The molecule has 0 amide bonds. The minimum atomic E-state index is -0.265. The van der Waals surface area contributed by atoms with Gasteiger partial charge in [0.2, 0.25) is 0 Å². The number of nitrogens with zero attached hydrogens (tertiary/aromatic N) is 3. The normalized spacial score (nSPS) is 17.2. The van der Waals surface area contributed by atoms with Gasteiger partial charge in [-0.05, 0) is 12.8 Å². The Labute approximate surface area is 111 Å². The number of rotatable bonds is 1. The van der Waals surface area contributed by atoms with Crippen LogP contribution in [0.2, 0.25) is 0 Å². The Morgan fingerprint density at radius 1 is 1.00 bits per heavy atom. The van der Waals surface area contributed by atoms with E-state index in [0.717, 1.165) is 18.4 Å². The summed E-state index contributed by atoms with van der Waals surface area (Å²) in [6.07, 6.45) is 9.98. The summed E-state index contributed by atoms with van der Waals surface area (Å²) in [5.74, 6) is 0. The summed E-state index contributed by atoms with van der Waals surface area (Å²) in [5.41, 5.74) is 0.269. The molecule has 3 rings (SSSR count). The van der Waals surface area contributed by atoms with Gasteiger partial charge in [-0.2, -0.15) is 0 Å². The lowest BCUT2D eigenvalue weighted by Gasteiger charge is -2.22. The van der Waals surface area contributed by atoms with Crippen LogP contribution in [0.4, 0.5) is 0 Å². The van der Waals surface area contributed by atoms with E-state index in [1.807, 2.05) is 12.4 Å². The Kier molecular flexibility index (Phi) is 2.84. The van der Waals surface area contributed by atoms with Crippen molar-refractivity contribution in [1.29, 1.82) is 0 Å². The molecule has 0 aromatic carbocycles. The molecule has 0 N–H and O–H groups in total. The lowest BCUT2D eigenvalue weighted by atomic mass is 9.95. The molecule has 2 heterocycles. The van der Waals surface area contributed by atoms with Gasteiger partial charge in [-0.3, -0.25) is 13.9 Å². The van der Waals surface area contributed by atoms with E-state index in [0.29, 0.717) is 11.4 Å². The molecule has 2 aromatic heterocycles. The Morgan fingerprint density at radius 3 is 2.37 bits per heavy atom. The molecule has 5 nitrogen and oxygen atoms in total. The van der Waals surface area contributed by atoms with E-state index in [-0.39, 0.29) is 11.2 Å². The molecule has 19 heavy (non-hydrogen) atoms.